The molecule has 1 aliphatic heterocycles. The van der Waals surface area contributed by atoms with Gasteiger partial charge in [-0.15, -0.1) is 0 Å². The molecule has 0 spiro atoms. The monoisotopic (exact) mass is 217 g/mol. The van der Waals surface area contributed by atoms with E-state index < -0.39 is 11.0 Å². The Bertz CT molecular complexity index is 251. The first-order valence-electron chi connectivity index (χ1n) is 4.93. The van der Waals surface area contributed by atoms with Crippen LogP contribution in [-0.4, -0.2) is 27.9 Å². The van der Waals surface area contributed by atoms with Crippen LogP contribution in [0.4, 0.5) is 0 Å². The molecule has 1 aliphatic rings. The summed E-state index contributed by atoms with van der Waals surface area (Å²) in [6, 6.07) is 0. The van der Waals surface area contributed by atoms with E-state index in [1.165, 1.54) is 0 Å². The maximum atomic E-state index is 11.7. The lowest BCUT2D eigenvalue weighted by atomic mass is 10.0. The summed E-state index contributed by atoms with van der Waals surface area (Å²) in [6.45, 7) is 9.41. The highest BCUT2D eigenvalue weighted by atomic mass is 32.2. The van der Waals surface area contributed by atoms with Crippen molar-refractivity contribution < 1.29 is 8.95 Å². The molecule has 4 heteroatoms. The van der Waals surface area contributed by atoms with E-state index in [-0.39, 0.29) is 4.75 Å². The molecule has 0 bridgehead atoms. The number of hydrogen-bond acceptors (Lipinski definition) is 2. The maximum Gasteiger partial charge on any atom is 0.144 e. The third kappa shape index (κ3) is 3.50. The van der Waals surface area contributed by atoms with E-state index in [0.717, 1.165) is 25.3 Å². The largest absolute Gasteiger partial charge is 0.381 e. The van der Waals surface area contributed by atoms with E-state index in [1.54, 1.807) is 0 Å². The molecule has 0 radical (unpaired) electrons. The van der Waals surface area contributed by atoms with Crippen LogP contribution in [0, 0.1) is 5.92 Å². The van der Waals surface area contributed by atoms with Gasteiger partial charge < -0.3 is 4.74 Å². The standard InChI is InChI=1S/C10H19NO2S/c1-8(5-9-6-13-7-9)11-14(12)10(2,3)4/h9H,5-7H2,1-4H3. The highest BCUT2D eigenvalue weighted by Gasteiger charge is 2.22. The van der Waals surface area contributed by atoms with Gasteiger partial charge in [0.05, 0.1) is 18.0 Å². The van der Waals surface area contributed by atoms with Crippen molar-refractivity contribution >= 4 is 16.7 Å². The second kappa shape index (κ2) is 4.53. The van der Waals surface area contributed by atoms with Crippen LogP contribution in [0.25, 0.3) is 0 Å². The third-order valence-electron chi connectivity index (χ3n) is 2.05. The third-order valence-corrected chi connectivity index (χ3v) is 3.58. The van der Waals surface area contributed by atoms with Crippen molar-refractivity contribution in [3.63, 3.8) is 0 Å². The van der Waals surface area contributed by atoms with Crippen LogP contribution in [0.1, 0.15) is 34.1 Å². The predicted octanol–water partition coefficient (Wildman–Crippen LogP) is 1.95. The van der Waals surface area contributed by atoms with Gasteiger partial charge in [-0.1, -0.05) is 0 Å². The average molecular weight is 217 g/mol. The lowest BCUT2D eigenvalue weighted by Crippen LogP contribution is -2.29. The average Bonchev–Trinajstić information content (AvgIpc) is 1.95. The molecule has 1 rings (SSSR count). The molecule has 0 aromatic carbocycles. The zero-order chi connectivity index (χ0) is 10.8. The summed E-state index contributed by atoms with van der Waals surface area (Å²) in [4.78, 5) is 0. The highest BCUT2D eigenvalue weighted by Crippen LogP contribution is 2.17. The molecule has 1 unspecified atom stereocenters. The summed E-state index contributed by atoms with van der Waals surface area (Å²) < 4.78 is 20.7. The van der Waals surface area contributed by atoms with Gasteiger partial charge in [0, 0.05) is 11.6 Å². The van der Waals surface area contributed by atoms with Crippen LogP contribution in [0.2, 0.25) is 0 Å². The van der Waals surface area contributed by atoms with Gasteiger partial charge in [-0.25, -0.2) is 4.21 Å². The molecule has 82 valence electrons. The SMILES string of the molecule is CC(CC1COC1)=NS(=O)C(C)(C)C. The van der Waals surface area contributed by atoms with Crippen LogP contribution in [0.15, 0.2) is 4.40 Å². The molecular formula is C10H19NO2S. The molecule has 0 aromatic heterocycles. The summed E-state index contributed by atoms with van der Waals surface area (Å²) in [6.07, 6.45) is 0.918. The Morgan fingerprint density at radius 2 is 2.07 bits per heavy atom. The first kappa shape index (κ1) is 11.9. The van der Waals surface area contributed by atoms with E-state index in [0.29, 0.717) is 5.92 Å². The van der Waals surface area contributed by atoms with Gasteiger partial charge in [0.1, 0.15) is 11.0 Å². The topological polar surface area (TPSA) is 38.7 Å². The second-order valence-corrected chi connectivity index (χ2v) is 6.70. The van der Waals surface area contributed by atoms with Crippen molar-refractivity contribution in [3.05, 3.63) is 0 Å². The van der Waals surface area contributed by atoms with Gasteiger partial charge in [-0.2, -0.15) is 4.40 Å². The molecule has 0 saturated carbocycles. The van der Waals surface area contributed by atoms with Crippen LogP contribution in [-0.2, 0) is 15.7 Å². The van der Waals surface area contributed by atoms with E-state index >= 15 is 0 Å². The predicted molar refractivity (Wildman–Crippen MR) is 59.9 cm³/mol. The Balaban J connectivity index is 2.45. The molecule has 1 heterocycles. The fourth-order valence-electron chi connectivity index (χ4n) is 1.14. The molecule has 3 nitrogen and oxygen atoms in total. The van der Waals surface area contributed by atoms with Crippen molar-refractivity contribution in [1.82, 2.24) is 0 Å². The number of hydrogen-bond donors (Lipinski definition) is 0. The van der Waals surface area contributed by atoms with E-state index in [1.807, 2.05) is 27.7 Å². The number of rotatable bonds is 3. The molecule has 0 aromatic rings. The van der Waals surface area contributed by atoms with E-state index in [2.05, 4.69) is 4.40 Å². The molecule has 0 aliphatic carbocycles. The van der Waals surface area contributed by atoms with Crippen molar-refractivity contribution in [2.75, 3.05) is 13.2 Å². The van der Waals surface area contributed by atoms with Crippen LogP contribution >= 0.6 is 0 Å². The minimum Gasteiger partial charge on any atom is -0.381 e. The summed E-state index contributed by atoms with van der Waals surface area (Å²) in [5, 5.41) is 0. The zero-order valence-corrected chi connectivity index (χ0v) is 10.2. The van der Waals surface area contributed by atoms with Gasteiger partial charge in [-0.3, -0.25) is 0 Å². The van der Waals surface area contributed by atoms with Crippen molar-refractivity contribution in [1.29, 1.82) is 0 Å². The summed E-state index contributed by atoms with van der Waals surface area (Å²) in [5.41, 5.74) is 0.978. The Labute approximate surface area is 88.5 Å². The fourth-order valence-corrected chi connectivity index (χ4v) is 1.77. The van der Waals surface area contributed by atoms with Crippen LogP contribution in [0.5, 0.6) is 0 Å². The summed E-state index contributed by atoms with van der Waals surface area (Å²) in [5.74, 6) is 0.593. The molecule has 14 heavy (non-hydrogen) atoms. The lowest BCUT2D eigenvalue weighted by molar-refractivity contribution is -0.0279. The quantitative estimate of drug-likeness (QED) is 0.678. The summed E-state index contributed by atoms with van der Waals surface area (Å²) in [7, 11) is -1.11. The fraction of sp³-hybridized carbons (Fsp3) is 0.900. The van der Waals surface area contributed by atoms with E-state index in [9.17, 15) is 4.21 Å². The Morgan fingerprint density at radius 1 is 1.50 bits per heavy atom. The minimum absolute atomic E-state index is 0.253. The van der Waals surface area contributed by atoms with Crippen molar-refractivity contribution in [2.24, 2.45) is 10.3 Å². The van der Waals surface area contributed by atoms with Gasteiger partial charge in [0.15, 0.2) is 0 Å². The van der Waals surface area contributed by atoms with Crippen molar-refractivity contribution in [3.8, 4) is 0 Å². The van der Waals surface area contributed by atoms with Gasteiger partial charge >= 0.3 is 0 Å². The highest BCUT2D eigenvalue weighted by molar-refractivity contribution is 7.85. The molecule has 1 fully saturated rings. The van der Waals surface area contributed by atoms with Crippen LogP contribution < -0.4 is 0 Å². The summed E-state index contributed by atoms with van der Waals surface area (Å²) >= 11 is 0. The molecule has 1 atom stereocenters. The maximum absolute atomic E-state index is 11.7. The molecular weight excluding hydrogens is 198 g/mol. The molecule has 0 amide bonds. The second-order valence-electron chi connectivity index (χ2n) is 4.80. The number of ether oxygens (including phenoxy) is 1. The molecule has 0 N–H and O–H groups in total. The van der Waals surface area contributed by atoms with Gasteiger partial charge in [0.2, 0.25) is 0 Å². The molecule has 1 saturated heterocycles. The Morgan fingerprint density at radius 3 is 2.43 bits per heavy atom. The van der Waals surface area contributed by atoms with E-state index in [4.69, 9.17) is 4.74 Å². The number of nitrogens with zero attached hydrogens (tertiary/aromatic N) is 1. The Kier molecular flexibility index (Phi) is 3.84. The minimum atomic E-state index is -1.11. The first-order valence-corrected chi connectivity index (χ1v) is 6.04. The zero-order valence-electron chi connectivity index (χ0n) is 9.37. The van der Waals surface area contributed by atoms with Gasteiger partial charge in [-0.05, 0) is 34.1 Å². The smallest absolute Gasteiger partial charge is 0.144 e. The normalized spacial score (nSPS) is 21.9. The van der Waals surface area contributed by atoms with Crippen LogP contribution in [0.3, 0.4) is 0 Å². The van der Waals surface area contributed by atoms with Gasteiger partial charge in [0.25, 0.3) is 0 Å². The lowest BCUT2D eigenvalue weighted by Gasteiger charge is -2.25. The first-order chi connectivity index (χ1) is 6.39. The Hall–Kier alpha value is -0.220. The van der Waals surface area contributed by atoms with Crippen molar-refractivity contribution in [2.45, 2.75) is 38.9 Å².